The molecule has 2 aromatic rings. The molecule has 4 nitrogen and oxygen atoms in total. The molecule has 0 atom stereocenters. The number of anilines is 1. The van der Waals surface area contributed by atoms with Gasteiger partial charge in [-0.15, -0.1) is 0 Å². The largest absolute Gasteiger partial charge is 0.338 e. The molecule has 1 aromatic heterocycles. The third-order valence-corrected chi connectivity index (χ3v) is 2.88. The Morgan fingerprint density at radius 3 is 2.55 bits per heavy atom. The fourth-order valence-electron chi connectivity index (χ4n) is 1.67. The fraction of sp³-hybridized carbons (Fsp3) is 0.333. The molecule has 1 amide bonds. The summed E-state index contributed by atoms with van der Waals surface area (Å²) < 4.78 is 18.7. The van der Waals surface area contributed by atoms with Crippen molar-refractivity contribution in [3.05, 3.63) is 46.9 Å². The van der Waals surface area contributed by atoms with Crippen LogP contribution in [-0.2, 0) is 5.41 Å². The first kappa shape index (κ1) is 14.2. The van der Waals surface area contributed by atoms with Crippen LogP contribution in [0.2, 0.25) is 0 Å². The van der Waals surface area contributed by atoms with Gasteiger partial charge in [0.1, 0.15) is 5.82 Å². The molecule has 0 saturated carbocycles. The van der Waals surface area contributed by atoms with Crippen molar-refractivity contribution < 1.29 is 13.7 Å². The van der Waals surface area contributed by atoms with Gasteiger partial charge in [0.15, 0.2) is 0 Å². The molecule has 0 unspecified atom stereocenters. The smallest absolute Gasteiger partial charge is 0.261 e. The van der Waals surface area contributed by atoms with Crippen LogP contribution in [0.25, 0.3) is 0 Å². The van der Waals surface area contributed by atoms with Crippen molar-refractivity contribution >= 4 is 11.8 Å². The molecule has 106 valence electrons. The first-order chi connectivity index (χ1) is 9.27. The van der Waals surface area contributed by atoms with Crippen molar-refractivity contribution in [2.24, 2.45) is 0 Å². The molecular weight excluding hydrogens is 259 g/mol. The van der Waals surface area contributed by atoms with Crippen molar-refractivity contribution in [2.45, 2.75) is 33.1 Å². The van der Waals surface area contributed by atoms with Crippen LogP contribution in [0.4, 0.5) is 10.3 Å². The van der Waals surface area contributed by atoms with Crippen LogP contribution in [0.3, 0.4) is 0 Å². The zero-order chi connectivity index (χ0) is 14.9. The summed E-state index contributed by atoms with van der Waals surface area (Å²) in [5, 5.41) is 6.39. The number of aromatic nitrogens is 1. The molecule has 0 aliphatic carbocycles. The normalized spacial score (nSPS) is 11.4. The lowest BCUT2D eigenvalue weighted by atomic mass is 9.92. The fourth-order valence-corrected chi connectivity index (χ4v) is 1.67. The molecule has 0 saturated heterocycles. The highest BCUT2D eigenvalue weighted by atomic mass is 19.1. The van der Waals surface area contributed by atoms with E-state index in [9.17, 15) is 9.18 Å². The van der Waals surface area contributed by atoms with Crippen LogP contribution >= 0.6 is 0 Å². The highest BCUT2D eigenvalue weighted by Crippen LogP contribution is 2.24. The van der Waals surface area contributed by atoms with Crippen LogP contribution < -0.4 is 5.32 Å². The Labute approximate surface area is 117 Å². The highest BCUT2D eigenvalue weighted by Gasteiger charge is 2.20. The molecule has 1 aromatic carbocycles. The van der Waals surface area contributed by atoms with E-state index in [4.69, 9.17) is 4.52 Å². The van der Waals surface area contributed by atoms with Crippen molar-refractivity contribution in [3.8, 4) is 0 Å². The van der Waals surface area contributed by atoms with Gasteiger partial charge >= 0.3 is 0 Å². The second-order valence-corrected chi connectivity index (χ2v) is 5.76. The maximum atomic E-state index is 13.7. The Balaban J connectivity index is 2.17. The van der Waals surface area contributed by atoms with Gasteiger partial charge in [0.2, 0.25) is 5.88 Å². The minimum absolute atomic E-state index is 0.0238. The maximum absolute atomic E-state index is 13.7. The van der Waals surface area contributed by atoms with Gasteiger partial charge in [-0.05, 0) is 24.6 Å². The van der Waals surface area contributed by atoms with Crippen molar-refractivity contribution in [1.82, 2.24) is 5.16 Å². The number of amides is 1. The van der Waals surface area contributed by atoms with E-state index in [0.29, 0.717) is 0 Å². The molecular formula is C15H17FN2O2. The second-order valence-electron chi connectivity index (χ2n) is 5.76. The average Bonchev–Trinajstić information content (AvgIpc) is 2.76. The predicted octanol–water partition coefficient (Wildman–Crippen LogP) is 3.67. The number of hydrogen-bond acceptors (Lipinski definition) is 3. The first-order valence-corrected chi connectivity index (χ1v) is 6.32. The summed E-state index contributed by atoms with van der Waals surface area (Å²) in [4.78, 5) is 12.0. The summed E-state index contributed by atoms with van der Waals surface area (Å²) in [6.45, 7) is 7.71. The lowest BCUT2D eigenvalue weighted by Gasteiger charge is -2.12. The zero-order valence-corrected chi connectivity index (χ0v) is 12.0. The number of benzene rings is 1. The summed E-state index contributed by atoms with van der Waals surface area (Å²) >= 11 is 0. The Hall–Kier alpha value is -2.17. The van der Waals surface area contributed by atoms with E-state index in [-0.39, 0.29) is 16.9 Å². The second kappa shape index (κ2) is 5.07. The predicted molar refractivity (Wildman–Crippen MR) is 74.3 cm³/mol. The van der Waals surface area contributed by atoms with E-state index >= 15 is 0 Å². The summed E-state index contributed by atoms with van der Waals surface area (Å²) in [6, 6.07) is 6.08. The monoisotopic (exact) mass is 276 g/mol. The van der Waals surface area contributed by atoms with E-state index in [0.717, 1.165) is 11.3 Å². The van der Waals surface area contributed by atoms with Gasteiger partial charge in [-0.25, -0.2) is 4.39 Å². The van der Waals surface area contributed by atoms with Crippen LogP contribution in [0.1, 0.15) is 42.4 Å². The molecule has 0 bridgehead atoms. The molecule has 0 aliphatic rings. The van der Waals surface area contributed by atoms with Gasteiger partial charge in [-0.1, -0.05) is 32.0 Å². The lowest BCUT2D eigenvalue weighted by Crippen LogP contribution is -2.14. The number of rotatable bonds is 2. The SMILES string of the molecule is Cc1ccc(C(=O)Nc2cc(C(C)(C)C)no2)c(F)c1. The van der Waals surface area contributed by atoms with Crippen molar-refractivity contribution in [1.29, 1.82) is 0 Å². The van der Waals surface area contributed by atoms with E-state index in [1.807, 2.05) is 20.8 Å². The van der Waals surface area contributed by atoms with Gasteiger partial charge < -0.3 is 4.52 Å². The van der Waals surface area contributed by atoms with E-state index < -0.39 is 11.7 Å². The third kappa shape index (κ3) is 3.04. The summed E-state index contributed by atoms with van der Waals surface area (Å²) in [7, 11) is 0. The number of aryl methyl sites for hydroxylation is 1. The highest BCUT2D eigenvalue weighted by molar-refractivity contribution is 6.03. The molecule has 0 spiro atoms. The summed E-state index contributed by atoms with van der Waals surface area (Å²) in [6.07, 6.45) is 0. The minimum atomic E-state index is -0.557. The Kier molecular flexibility index (Phi) is 3.61. The zero-order valence-electron chi connectivity index (χ0n) is 12.0. The maximum Gasteiger partial charge on any atom is 0.261 e. The van der Waals surface area contributed by atoms with E-state index in [1.165, 1.54) is 12.1 Å². The molecule has 0 radical (unpaired) electrons. The van der Waals surface area contributed by atoms with Crippen LogP contribution in [0.15, 0.2) is 28.8 Å². The standard InChI is InChI=1S/C15H17FN2O2/c1-9-5-6-10(11(16)7-9)14(19)17-13-8-12(18-20-13)15(2,3)4/h5-8H,1-4H3,(H,17,19). The summed E-state index contributed by atoms with van der Waals surface area (Å²) in [5.74, 6) is -0.905. The number of nitrogens with one attached hydrogen (secondary N) is 1. The van der Waals surface area contributed by atoms with Gasteiger partial charge in [0.25, 0.3) is 5.91 Å². The van der Waals surface area contributed by atoms with Crippen LogP contribution in [0, 0.1) is 12.7 Å². The number of carbonyl (C=O) groups excluding carboxylic acids is 1. The van der Waals surface area contributed by atoms with Gasteiger partial charge in [0.05, 0.1) is 11.3 Å². The topological polar surface area (TPSA) is 55.1 Å². The average molecular weight is 276 g/mol. The van der Waals surface area contributed by atoms with Gasteiger partial charge in [-0.2, -0.15) is 0 Å². The minimum Gasteiger partial charge on any atom is -0.338 e. The van der Waals surface area contributed by atoms with Crippen LogP contribution in [-0.4, -0.2) is 11.1 Å². The van der Waals surface area contributed by atoms with Gasteiger partial charge in [-0.3, -0.25) is 10.1 Å². The number of halogens is 1. The molecule has 2 rings (SSSR count). The first-order valence-electron chi connectivity index (χ1n) is 6.32. The van der Waals surface area contributed by atoms with Crippen LogP contribution in [0.5, 0.6) is 0 Å². The number of nitrogens with zero attached hydrogens (tertiary/aromatic N) is 1. The van der Waals surface area contributed by atoms with Crippen molar-refractivity contribution in [2.75, 3.05) is 5.32 Å². The molecule has 20 heavy (non-hydrogen) atoms. The lowest BCUT2D eigenvalue weighted by molar-refractivity contribution is 0.102. The molecule has 0 fully saturated rings. The number of carbonyl (C=O) groups is 1. The quantitative estimate of drug-likeness (QED) is 0.910. The Bertz CT molecular complexity index is 642. The Morgan fingerprint density at radius 1 is 1.30 bits per heavy atom. The van der Waals surface area contributed by atoms with E-state index in [2.05, 4.69) is 10.5 Å². The molecule has 0 aliphatic heterocycles. The third-order valence-electron chi connectivity index (χ3n) is 2.88. The van der Waals surface area contributed by atoms with Gasteiger partial charge in [0, 0.05) is 11.5 Å². The van der Waals surface area contributed by atoms with E-state index in [1.54, 1.807) is 19.1 Å². The Morgan fingerprint density at radius 2 is 2.00 bits per heavy atom. The van der Waals surface area contributed by atoms with Crippen molar-refractivity contribution in [3.63, 3.8) is 0 Å². The molecule has 5 heteroatoms. The summed E-state index contributed by atoms with van der Waals surface area (Å²) in [5.41, 5.74) is 1.27. The molecule has 1 N–H and O–H groups in total. The number of hydrogen-bond donors (Lipinski definition) is 1. The molecule has 1 heterocycles.